The van der Waals surface area contributed by atoms with Crippen molar-refractivity contribution in [1.29, 1.82) is 0 Å². The van der Waals surface area contributed by atoms with Crippen LogP contribution in [0.3, 0.4) is 0 Å². The molecule has 62 valence electrons. The molecule has 0 rings (SSSR count). The third-order valence-corrected chi connectivity index (χ3v) is 1.76. The summed E-state index contributed by atoms with van der Waals surface area (Å²) < 4.78 is 13.3. The lowest BCUT2D eigenvalue weighted by Crippen LogP contribution is -2.40. The van der Waals surface area contributed by atoms with Gasteiger partial charge in [-0.1, -0.05) is 13.8 Å². The highest BCUT2D eigenvalue weighted by atomic mass is 19.1. The van der Waals surface area contributed by atoms with Crippen LogP contribution in [0.15, 0.2) is 0 Å². The van der Waals surface area contributed by atoms with Crippen LogP contribution in [-0.4, -0.2) is 11.7 Å². The predicted octanol–water partition coefficient (Wildman–Crippen LogP) is 2.11. The van der Waals surface area contributed by atoms with Gasteiger partial charge in [0.25, 0.3) is 0 Å². The highest BCUT2D eigenvalue weighted by molar-refractivity contribution is 4.83. The van der Waals surface area contributed by atoms with E-state index in [4.69, 9.17) is 5.73 Å². The van der Waals surface area contributed by atoms with Crippen molar-refractivity contribution in [3.8, 4) is 0 Å². The Hall–Kier alpha value is -0.110. The van der Waals surface area contributed by atoms with Crippen LogP contribution in [0, 0.1) is 5.92 Å². The van der Waals surface area contributed by atoms with Crippen LogP contribution in [0.2, 0.25) is 0 Å². The summed E-state index contributed by atoms with van der Waals surface area (Å²) in [6.45, 7) is 7.28. The van der Waals surface area contributed by atoms with Gasteiger partial charge in [-0.3, -0.25) is 0 Å². The molecule has 10 heavy (non-hydrogen) atoms. The Kier molecular flexibility index (Phi) is 3.29. The molecule has 0 saturated carbocycles. The van der Waals surface area contributed by atoms with Gasteiger partial charge in [0.05, 0.1) is 0 Å². The van der Waals surface area contributed by atoms with Crippen molar-refractivity contribution in [3.63, 3.8) is 0 Å². The molecule has 1 nitrogen and oxygen atoms in total. The Bertz CT molecular complexity index is 97.4. The van der Waals surface area contributed by atoms with Crippen LogP contribution in [0.1, 0.15) is 34.1 Å². The molecule has 0 fully saturated rings. The van der Waals surface area contributed by atoms with E-state index in [2.05, 4.69) is 0 Å². The van der Waals surface area contributed by atoms with Gasteiger partial charge in [-0.15, -0.1) is 0 Å². The van der Waals surface area contributed by atoms with Crippen molar-refractivity contribution < 1.29 is 4.39 Å². The molecule has 2 atom stereocenters. The van der Waals surface area contributed by atoms with Gasteiger partial charge >= 0.3 is 0 Å². The zero-order valence-electron chi connectivity index (χ0n) is 7.32. The van der Waals surface area contributed by atoms with Gasteiger partial charge in [0.1, 0.15) is 5.67 Å². The SMILES string of the molecule is CC(C)CC(C)(F)C(C)N. The molecule has 0 bridgehead atoms. The molecular formula is C8H18FN. The molecule has 0 saturated heterocycles. The molecule has 2 unspecified atom stereocenters. The second-order valence-corrected chi connectivity index (χ2v) is 3.66. The van der Waals surface area contributed by atoms with Gasteiger partial charge in [-0.25, -0.2) is 4.39 Å². The van der Waals surface area contributed by atoms with E-state index in [1.54, 1.807) is 13.8 Å². The maximum Gasteiger partial charge on any atom is 0.123 e. The van der Waals surface area contributed by atoms with Crippen LogP contribution < -0.4 is 5.73 Å². The van der Waals surface area contributed by atoms with Crippen molar-refractivity contribution in [2.75, 3.05) is 0 Å². The third-order valence-electron chi connectivity index (χ3n) is 1.76. The molecule has 0 radical (unpaired) electrons. The Morgan fingerprint density at radius 3 is 1.90 bits per heavy atom. The van der Waals surface area contributed by atoms with Gasteiger partial charge < -0.3 is 5.73 Å². The molecule has 0 amide bonds. The summed E-state index contributed by atoms with van der Waals surface area (Å²) in [4.78, 5) is 0. The number of alkyl halides is 1. The molecule has 0 spiro atoms. The van der Waals surface area contributed by atoms with Crippen LogP contribution in [-0.2, 0) is 0 Å². The first-order valence-electron chi connectivity index (χ1n) is 3.80. The monoisotopic (exact) mass is 147 g/mol. The molecule has 0 aliphatic carbocycles. The van der Waals surface area contributed by atoms with Crippen LogP contribution in [0.5, 0.6) is 0 Å². The fourth-order valence-corrected chi connectivity index (χ4v) is 0.984. The number of halogens is 1. The van der Waals surface area contributed by atoms with E-state index in [0.717, 1.165) is 0 Å². The molecule has 0 aromatic heterocycles. The van der Waals surface area contributed by atoms with Gasteiger partial charge in [0.2, 0.25) is 0 Å². The van der Waals surface area contributed by atoms with E-state index in [9.17, 15) is 4.39 Å². The van der Waals surface area contributed by atoms with E-state index in [-0.39, 0.29) is 6.04 Å². The summed E-state index contributed by atoms with van der Waals surface area (Å²) in [7, 11) is 0. The minimum atomic E-state index is -1.20. The maximum absolute atomic E-state index is 13.3. The molecular weight excluding hydrogens is 129 g/mol. The standard InChI is InChI=1S/C8H18FN/c1-6(2)5-8(4,9)7(3)10/h6-7H,5,10H2,1-4H3. The average Bonchev–Trinajstić information content (AvgIpc) is 1.60. The third kappa shape index (κ3) is 3.16. The van der Waals surface area contributed by atoms with E-state index in [0.29, 0.717) is 12.3 Å². The summed E-state index contributed by atoms with van der Waals surface area (Å²) in [6.07, 6.45) is 0.546. The summed E-state index contributed by atoms with van der Waals surface area (Å²) in [5.74, 6) is 0.376. The van der Waals surface area contributed by atoms with Gasteiger partial charge in [0.15, 0.2) is 0 Å². The van der Waals surface area contributed by atoms with E-state index in [1.165, 1.54) is 0 Å². The zero-order chi connectivity index (χ0) is 8.36. The van der Waals surface area contributed by atoms with Crippen molar-refractivity contribution in [2.24, 2.45) is 11.7 Å². The van der Waals surface area contributed by atoms with Crippen molar-refractivity contribution >= 4 is 0 Å². The topological polar surface area (TPSA) is 26.0 Å². The summed E-state index contributed by atoms with van der Waals surface area (Å²) in [5, 5.41) is 0. The summed E-state index contributed by atoms with van der Waals surface area (Å²) >= 11 is 0. The van der Waals surface area contributed by atoms with E-state index in [1.807, 2.05) is 13.8 Å². The molecule has 2 N–H and O–H groups in total. The fraction of sp³-hybridized carbons (Fsp3) is 1.00. The first kappa shape index (κ1) is 9.89. The number of hydrogen-bond donors (Lipinski definition) is 1. The van der Waals surface area contributed by atoms with Gasteiger partial charge in [-0.05, 0) is 26.2 Å². The second kappa shape index (κ2) is 3.33. The molecule has 0 aliphatic heterocycles. The lowest BCUT2D eigenvalue weighted by molar-refractivity contribution is 0.125. The minimum Gasteiger partial charge on any atom is -0.325 e. The highest BCUT2D eigenvalue weighted by Crippen LogP contribution is 2.23. The average molecular weight is 147 g/mol. The lowest BCUT2D eigenvalue weighted by Gasteiger charge is -2.26. The normalized spacial score (nSPS) is 20.7. The van der Waals surface area contributed by atoms with Gasteiger partial charge in [-0.2, -0.15) is 0 Å². The molecule has 0 aromatic rings. The maximum atomic E-state index is 13.3. The largest absolute Gasteiger partial charge is 0.325 e. The molecule has 2 heteroatoms. The van der Waals surface area contributed by atoms with Crippen LogP contribution in [0.25, 0.3) is 0 Å². The quantitative estimate of drug-likeness (QED) is 0.650. The Morgan fingerprint density at radius 2 is 1.80 bits per heavy atom. The first-order chi connectivity index (χ1) is 4.36. The van der Waals surface area contributed by atoms with Crippen LogP contribution in [0.4, 0.5) is 4.39 Å². The number of rotatable bonds is 3. The second-order valence-electron chi connectivity index (χ2n) is 3.66. The van der Waals surface area contributed by atoms with E-state index < -0.39 is 5.67 Å². The van der Waals surface area contributed by atoms with Crippen molar-refractivity contribution in [3.05, 3.63) is 0 Å². The smallest absolute Gasteiger partial charge is 0.123 e. The van der Waals surface area contributed by atoms with Crippen molar-refractivity contribution in [2.45, 2.75) is 45.8 Å². The van der Waals surface area contributed by atoms with Crippen LogP contribution >= 0.6 is 0 Å². The minimum absolute atomic E-state index is 0.366. The summed E-state index contributed by atoms with van der Waals surface area (Å²) in [6, 6.07) is -0.366. The first-order valence-corrected chi connectivity index (χ1v) is 3.80. The lowest BCUT2D eigenvalue weighted by atomic mass is 9.90. The zero-order valence-corrected chi connectivity index (χ0v) is 7.32. The van der Waals surface area contributed by atoms with Crippen molar-refractivity contribution in [1.82, 2.24) is 0 Å². The summed E-state index contributed by atoms with van der Waals surface area (Å²) in [5.41, 5.74) is 4.24. The molecule has 0 heterocycles. The number of hydrogen-bond acceptors (Lipinski definition) is 1. The Morgan fingerprint density at radius 1 is 1.40 bits per heavy atom. The fourth-order valence-electron chi connectivity index (χ4n) is 0.984. The predicted molar refractivity (Wildman–Crippen MR) is 42.6 cm³/mol. The number of nitrogens with two attached hydrogens (primary N) is 1. The Balaban J connectivity index is 3.87. The highest BCUT2D eigenvalue weighted by Gasteiger charge is 2.28. The Labute approximate surface area is 62.8 Å². The molecule has 0 aromatic carbocycles. The van der Waals surface area contributed by atoms with E-state index >= 15 is 0 Å². The van der Waals surface area contributed by atoms with Gasteiger partial charge in [0, 0.05) is 6.04 Å². The molecule has 0 aliphatic rings.